The maximum atomic E-state index is 14.5. The lowest BCUT2D eigenvalue weighted by molar-refractivity contribution is -0.384. The fraction of sp³-hybridized carbons (Fsp3) is 0.269. The van der Waals surface area contributed by atoms with E-state index in [1.807, 2.05) is 12.1 Å². The number of amides is 1. The van der Waals surface area contributed by atoms with Gasteiger partial charge in [-0.1, -0.05) is 55.7 Å². The summed E-state index contributed by atoms with van der Waals surface area (Å²) in [4.78, 5) is 23.2. The van der Waals surface area contributed by atoms with Crippen LogP contribution in [0, 0.1) is 16.0 Å². The van der Waals surface area contributed by atoms with Crippen molar-refractivity contribution in [1.29, 1.82) is 0 Å². The molecule has 0 aromatic heterocycles. The van der Waals surface area contributed by atoms with Crippen molar-refractivity contribution in [2.24, 2.45) is 5.92 Å². The maximum Gasteiger partial charge on any atom is 0.449 e. The second-order valence-corrected chi connectivity index (χ2v) is 10.6. The molecule has 0 heterocycles. The molecular weight excluding hydrogens is 481 g/mol. The first-order chi connectivity index (χ1) is 17.4. The molecule has 0 bridgehead atoms. The van der Waals surface area contributed by atoms with Gasteiger partial charge >= 0.3 is 7.60 Å². The van der Waals surface area contributed by atoms with Crippen molar-refractivity contribution in [2.45, 2.75) is 37.9 Å². The number of nitro groups is 1. The van der Waals surface area contributed by atoms with Gasteiger partial charge in [0.1, 0.15) is 11.5 Å². The zero-order valence-corrected chi connectivity index (χ0v) is 20.5. The Balaban J connectivity index is 1.61. The molecule has 1 amide bonds. The predicted octanol–water partition coefficient (Wildman–Crippen LogP) is 6.09. The third kappa shape index (κ3) is 6.50. The van der Waals surface area contributed by atoms with Crippen molar-refractivity contribution in [3.8, 4) is 11.5 Å². The van der Waals surface area contributed by atoms with Crippen LogP contribution in [-0.2, 0) is 4.57 Å². The van der Waals surface area contributed by atoms with Crippen LogP contribution in [0.2, 0.25) is 0 Å². The summed E-state index contributed by atoms with van der Waals surface area (Å²) in [6.45, 7) is 0. The van der Waals surface area contributed by atoms with Crippen LogP contribution in [0.5, 0.6) is 11.5 Å². The molecule has 3 aromatic rings. The van der Waals surface area contributed by atoms with Gasteiger partial charge in [-0.3, -0.25) is 20.3 Å². The highest BCUT2D eigenvalue weighted by atomic mass is 31.2. The number of nitrogens with one attached hydrogen (secondary N) is 2. The molecule has 1 fully saturated rings. The van der Waals surface area contributed by atoms with E-state index >= 15 is 0 Å². The van der Waals surface area contributed by atoms with E-state index in [9.17, 15) is 19.5 Å². The molecular formula is C26H28N3O6P. The van der Waals surface area contributed by atoms with Crippen LogP contribution in [0.3, 0.4) is 0 Å². The Kier molecular flexibility index (Phi) is 8.36. The van der Waals surface area contributed by atoms with Gasteiger partial charge in [0.05, 0.1) is 4.92 Å². The Morgan fingerprint density at radius 1 is 0.861 bits per heavy atom. The molecule has 4 rings (SSSR count). The van der Waals surface area contributed by atoms with E-state index in [1.54, 1.807) is 48.5 Å². The summed E-state index contributed by atoms with van der Waals surface area (Å²) in [6, 6.07) is 22.8. The number of hydrogen-bond donors (Lipinski definition) is 2. The fourth-order valence-corrected chi connectivity index (χ4v) is 6.37. The Hall–Kier alpha value is -3.68. The van der Waals surface area contributed by atoms with E-state index in [0.717, 1.165) is 32.1 Å². The zero-order chi connectivity index (χ0) is 25.4. The number of rotatable bonds is 10. The first kappa shape index (κ1) is 25.4. The molecule has 3 aromatic carbocycles. The van der Waals surface area contributed by atoms with Crippen LogP contribution in [0.15, 0.2) is 84.9 Å². The Morgan fingerprint density at radius 2 is 1.39 bits per heavy atom. The van der Waals surface area contributed by atoms with E-state index in [0.29, 0.717) is 11.5 Å². The SMILES string of the molecule is O=C(NNC(C1CCCCC1)P(=O)(Oc1ccccc1)Oc1ccccc1)c1ccc([N+](=O)[O-])cc1. The number of non-ortho nitro benzene ring substituents is 1. The van der Waals surface area contributed by atoms with E-state index < -0.39 is 24.2 Å². The van der Waals surface area contributed by atoms with Gasteiger partial charge in [0.2, 0.25) is 0 Å². The molecule has 9 nitrogen and oxygen atoms in total. The summed E-state index contributed by atoms with van der Waals surface area (Å²) >= 11 is 0. The minimum Gasteiger partial charge on any atom is -0.415 e. The second kappa shape index (κ2) is 11.8. The number of nitro benzene ring substituents is 1. The van der Waals surface area contributed by atoms with Crippen LogP contribution in [0.25, 0.3) is 0 Å². The summed E-state index contributed by atoms with van der Waals surface area (Å²) in [7, 11) is -3.93. The van der Waals surface area contributed by atoms with Crippen molar-refractivity contribution >= 4 is 19.2 Å². The number of benzene rings is 3. The lowest BCUT2D eigenvalue weighted by Gasteiger charge is -2.35. The van der Waals surface area contributed by atoms with E-state index in [2.05, 4.69) is 10.9 Å². The summed E-state index contributed by atoms with van der Waals surface area (Å²) < 4.78 is 26.6. The number of hydrazine groups is 1. The second-order valence-electron chi connectivity index (χ2n) is 8.59. The number of nitrogens with zero attached hydrogens (tertiary/aromatic N) is 1. The molecule has 0 radical (unpaired) electrons. The molecule has 0 aliphatic heterocycles. The number of carbonyl (C=O) groups is 1. The maximum absolute atomic E-state index is 14.5. The van der Waals surface area contributed by atoms with Crippen molar-refractivity contribution < 1.29 is 23.3 Å². The standard InChI is InChI=1S/C26H28N3O6P/c30-25(20-16-18-22(19-17-20)29(31)32)27-28-26(21-10-4-1-5-11-21)36(33,34-23-12-6-2-7-13-23)35-24-14-8-3-9-15-24/h2-3,6-9,12-19,21,26,28H,1,4-5,10-11H2,(H,27,30). The topological polar surface area (TPSA) is 120 Å². The molecule has 10 heteroatoms. The highest BCUT2D eigenvalue weighted by molar-refractivity contribution is 7.55. The molecule has 1 unspecified atom stereocenters. The van der Waals surface area contributed by atoms with Gasteiger partial charge in [-0.05, 0) is 55.2 Å². The Labute approximate surface area is 209 Å². The van der Waals surface area contributed by atoms with E-state index in [4.69, 9.17) is 9.05 Å². The summed E-state index contributed by atoms with van der Waals surface area (Å²) in [6.07, 6.45) is 4.62. The van der Waals surface area contributed by atoms with Crippen LogP contribution < -0.4 is 19.9 Å². The van der Waals surface area contributed by atoms with Gasteiger partial charge in [0, 0.05) is 17.7 Å². The molecule has 36 heavy (non-hydrogen) atoms. The highest BCUT2D eigenvalue weighted by Gasteiger charge is 2.45. The lowest BCUT2D eigenvalue weighted by atomic mass is 9.89. The lowest BCUT2D eigenvalue weighted by Crippen LogP contribution is -2.49. The van der Waals surface area contributed by atoms with Gasteiger partial charge in [0.25, 0.3) is 11.6 Å². The summed E-state index contributed by atoms with van der Waals surface area (Å²) in [5.41, 5.74) is 5.70. The Morgan fingerprint density at radius 3 is 1.89 bits per heavy atom. The first-order valence-corrected chi connectivity index (χ1v) is 13.5. The van der Waals surface area contributed by atoms with Gasteiger partial charge in [-0.2, -0.15) is 0 Å². The predicted molar refractivity (Wildman–Crippen MR) is 136 cm³/mol. The normalized spacial score (nSPS) is 15.0. The third-order valence-corrected chi connectivity index (χ3v) is 8.23. The first-order valence-electron chi connectivity index (χ1n) is 11.8. The number of carbonyl (C=O) groups excluding carboxylic acids is 1. The molecule has 2 N–H and O–H groups in total. The summed E-state index contributed by atoms with van der Waals surface area (Å²) in [5.74, 6) is -0.645. The van der Waals surface area contributed by atoms with Gasteiger partial charge in [-0.25, -0.2) is 9.99 Å². The quantitative estimate of drug-likeness (QED) is 0.193. The minimum absolute atomic E-state index is 0.0748. The van der Waals surface area contributed by atoms with E-state index in [1.165, 1.54) is 24.3 Å². The van der Waals surface area contributed by atoms with Gasteiger partial charge in [0.15, 0.2) is 5.78 Å². The molecule has 188 valence electrons. The zero-order valence-electron chi connectivity index (χ0n) is 19.6. The molecule has 0 spiro atoms. The fourth-order valence-electron chi connectivity index (χ4n) is 4.24. The Bertz CT molecular complexity index is 1160. The van der Waals surface area contributed by atoms with Crippen molar-refractivity contribution in [3.05, 3.63) is 101 Å². The van der Waals surface area contributed by atoms with Gasteiger partial charge < -0.3 is 9.05 Å². The molecule has 1 saturated carbocycles. The van der Waals surface area contributed by atoms with Crippen molar-refractivity contribution in [2.75, 3.05) is 0 Å². The van der Waals surface area contributed by atoms with Crippen LogP contribution in [0.1, 0.15) is 42.5 Å². The summed E-state index contributed by atoms with van der Waals surface area (Å²) in [5, 5.41) is 10.9. The van der Waals surface area contributed by atoms with Crippen LogP contribution in [0.4, 0.5) is 5.69 Å². The van der Waals surface area contributed by atoms with Crippen molar-refractivity contribution in [1.82, 2.24) is 10.9 Å². The number of hydrogen-bond acceptors (Lipinski definition) is 7. The largest absolute Gasteiger partial charge is 0.449 e. The van der Waals surface area contributed by atoms with E-state index in [-0.39, 0.29) is 17.2 Å². The average molecular weight is 509 g/mol. The van der Waals surface area contributed by atoms with Gasteiger partial charge in [-0.15, -0.1) is 0 Å². The smallest absolute Gasteiger partial charge is 0.415 e. The average Bonchev–Trinajstić information content (AvgIpc) is 2.90. The third-order valence-electron chi connectivity index (χ3n) is 6.06. The highest BCUT2D eigenvalue weighted by Crippen LogP contribution is 2.55. The minimum atomic E-state index is -3.93. The monoisotopic (exact) mass is 509 g/mol. The van der Waals surface area contributed by atoms with Crippen LogP contribution >= 0.6 is 7.60 Å². The molecule has 0 saturated heterocycles. The van der Waals surface area contributed by atoms with Crippen molar-refractivity contribution in [3.63, 3.8) is 0 Å². The molecule has 1 aliphatic rings. The van der Waals surface area contributed by atoms with Crippen LogP contribution in [-0.4, -0.2) is 16.6 Å². The number of para-hydroxylation sites is 2. The molecule has 1 aliphatic carbocycles. The molecule has 1 atom stereocenters.